The Morgan fingerprint density at radius 1 is 1.09 bits per heavy atom. The van der Waals surface area contributed by atoms with E-state index in [1.807, 2.05) is 24.3 Å². The topological polar surface area (TPSA) is 105 Å². The number of thiazole rings is 1. The van der Waals surface area contributed by atoms with E-state index in [-0.39, 0.29) is 34.8 Å². The van der Waals surface area contributed by atoms with Gasteiger partial charge in [0.15, 0.2) is 5.69 Å². The van der Waals surface area contributed by atoms with Crippen LogP contribution in [0.4, 0.5) is 0 Å². The molecule has 0 aliphatic carbocycles. The van der Waals surface area contributed by atoms with Gasteiger partial charge in [-0.05, 0) is 31.0 Å². The first kappa shape index (κ1) is 20.3. The van der Waals surface area contributed by atoms with Crippen LogP contribution in [-0.2, 0) is 11.3 Å². The minimum absolute atomic E-state index is 0.140. The van der Waals surface area contributed by atoms with Crippen molar-refractivity contribution in [3.05, 3.63) is 69.6 Å². The summed E-state index contributed by atoms with van der Waals surface area (Å²) >= 11 is 1.65. The van der Waals surface area contributed by atoms with Crippen molar-refractivity contribution in [2.45, 2.75) is 25.3 Å². The quantitative estimate of drug-likeness (QED) is 0.514. The number of carboxylic acid groups (broad SMARTS) is 1. The van der Waals surface area contributed by atoms with E-state index in [1.165, 1.54) is 0 Å². The molecule has 0 radical (unpaired) electrons. The Labute approximate surface area is 186 Å². The van der Waals surface area contributed by atoms with E-state index in [4.69, 9.17) is 4.98 Å². The Morgan fingerprint density at radius 3 is 2.62 bits per heavy atom. The van der Waals surface area contributed by atoms with Crippen LogP contribution < -0.4 is 5.56 Å². The van der Waals surface area contributed by atoms with E-state index in [0.29, 0.717) is 13.1 Å². The molecule has 0 spiro atoms. The molecule has 8 nitrogen and oxygen atoms in total. The van der Waals surface area contributed by atoms with Crippen molar-refractivity contribution >= 4 is 44.2 Å². The summed E-state index contributed by atoms with van der Waals surface area (Å²) in [5.74, 6) is -1.35. The van der Waals surface area contributed by atoms with Gasteiger partial charge in [0.25, 0.3) is 5.56 Å². The van der Waals surface area contributed by atoms with Crippen molar-refractivity contribution in [3.8, 4) is 0 Å². The van der Waals surface area contributed by atoms with Crippen LogP contribution in [0.3, 0.4) is 0 Å². The molecule has 9 heteroatoms. The van der Waals surface area contributed by atoms with Gasteiger partial charge in [-0.15, -0.1) is 11.3 Å². The van der Waals surface area contributed by atoms with Crippen molar-refractivity contribution in [2.24, 2.45) is 0 Å². The molecule has 0 bridgehead atoms. The Kier molecular flexibility index (Phi) is 5.18. The number of fused-ring (bicyclic) bond motifs is 2. The molecular formula is C23H20N4O4S. The molecule has 1 atom stereocenters. The monoisotopic (exact) mass is 448 g/mol. The minimum Gasteiger partial charge on any atom is -0.476 e. The van der Waals surface area contributed by atoms with Crippen LogP contribution in [0.25, 0.3) is 21.0 Å². The highest BCUT2D eigenvalue weighted by atomic mass is 32.1. The molecule has 2 aromatic heterocycles. The summed E-state index contributed by atoms with van der Waals surface area (Å²) in [6.07, 6.45) is 1.79. The van der Waals surface area contributed by atoms with Gasteiger partial charge in [0.1, 0.15) is 6.54 Å². The second-order valence-electron chi connectivity index (χ2n) is 7.86. The number of nitrogens with zero attached hydrogens (tertiary/aromatic N) is 4. The third-order valence-electron chi connectivity index (χ3n) is 5.79. The van der Waals surface area contributed by atoms with Crippen LogP contribution >= 0.6 is 11.3 Å². The van der Waals surface area contributed by atoms with Crippen LogP contribution in [0.5, 0.6) is 0 Å². The average molecular weight is 449 g/mol. The van der Waals surface area contributed by atoms with Crippen LogP contribution in [0.15, 0.2) is 53.3 Å². The standard InChI is InChI=1S/C23H20N4O4S/c28-19(13-27-22(29)16-8-2-1-7-15(16)20(25-27)23(30)31)26-11-5-6-14(12-26)21-24-17-9-3-4-10-18(17)32-21/h1-4,7-10,14H,5-6,11-13H2,(H,30,31)/t14-/m1/s1. The highest BCUT2D eigenvalue weighted by molar-refractivity contribution is 7.18. The first-order valence-corrected chi connectivity index (χ1v) is 11.2. The van der Waals surface area contributed by atoms with Gasteiger partial charge in [-0.1, -0.05) is 30.3 Å². The molecule has 1 aliphatic heterocycles. The van der Waals surface area contributed by atoms with E-state index >= 15 is 0 Å². The zero-order valence-electron chi connectivity index (χ0n) is 17.1. The zero-order valence-corrected chi connectivity index (χ0v) is 17.9. The summed E-state index contributed by atoms with van der Waals surface area (Å²) in [7, 11) is 0. The maximum Gasteiger partial charge on any atom is 0.357 e. The Balaban J connectivity index is 1.40. The van der Waals surface area contributed by atoms with Crippen LogP contribution in [-0.4, -0.2) is 49.7 Å². The summed E-state index contributed by atoms with van der Waals surface area (Å²) in [5, 5.41) is 15.0. The zero-order chi connectivity index (χ0) is 22.2. The van der Waals surface area contributed by atoms with Gasteiger partial charge in [0.05, 0.1) is 20.6 Å². The van der Waals surface area contributed by atoms with E-state index in [0.717, 1.165) is 32.7 Å². The molecule has 1 saturated heterocycles. The molecular weight excluding hydrogens is 428 g/mol. The molecule has 32 heavy (non-hydrogen) atoms. The number of para-hydroxylation sites is 1. The Bertz CT molecular complexity index is 1380. The first-order valence-electron chi connectivity index (χ1n) is 10.4. The molecule has 0 unspecified atom stereocenters. The maximum atomic E-state index is 13.0. The van der Waals surface area contributed by atoms with Crippen molar-refractivity contribution in [1.29, 1.82) is 0 Å². The lowest BCUT2D eigenvalue weighted by molar-refractivity contribution is -0.133. The summed E-state index contributed by atoms with van der Waals surface area (Å²) in [6.45, 7) is 0.817. The van der Waals surface area contributed by atoms with Crippen LogP contribution in [0.1, 0.15) is 34.3 Å². The SMILES string of the molecule is O=C(O)c1nn(CC(=O)N2CCC[C@@H](c3nc4ccccc4s3)C2)c(=O)c2ccccc12. The molecule has 1 aliphatic rings. The van der Waals surface area contributed by atoms with Gasteiger partial charge in [0.2, 0.25) is 5.91 Å². The van der Waals surface area contributed by atoms with Crippen LogP contribution in [0, 0.1) is 0 Å². The summed E-state index contributed by atoms with van der Waals surface area (Å²) in [6, 6.07) is 14.4. The fourth-order valence-corrected chi connectivity index (χ4v) is 5.29. The second-order valence-corrected chi connectivity index (χ2v) is 8.92. The molecule has 1 N–H and O–H groups in total. The molecule has 1 amide bonds. The van der Waals surface area contributed by atoms with Gasteiger partial charge in [0, 0.05) is 24.4 Å². The summed E-state index contributed by atoms with van der Waals surface area (Å²) in [5.41, 5.74) is 0.252. The van der Waals surface area contributed by atoms with Crippen molar-refractivity contribution < 1.29 is 14.7 Å². The number of rotatable bonds is 4. The highest BCUT2D eigenvalue weighted by Gasteiger charge is 2.28. The number of carbonyl (C=O) groups is 2. The normalized spacial score (nSPS) is 16.5. The maximum absolute atomic E-state index is 13.0. The molecule has 1 fully saturated rings. The van der Waals surface area contributed by atoms with Crippen molar-refractivity contribution in [2.75, 3.05) is 13.1 Å². The molecule has 4 aromatic rings. The highest BCUT2D eigenvalue weighted by Crippen LogP contribution is 2.33. The van der Waals surface area contributed by atoms with Crippen molar-refractivity contribution in [1.82, 2.24) is 19.7 Å². The van der Waals surface area contributed by atoms with Gasteiger partial charge in [-0.2, -0.15) is 5.10 Å². The largest absolute Gasteiger partial charge is 0.476 e. The Hall–Kier alpha value is -3.59. The van der Waals surface area contributed by atoms with Gasteiger partial charge in [-0.25, -0.2) is 14.5 Å². The van der Waals surface area contributed by atoms with Gasteiger partial charge < -0.3 is 10.0 Å². The fourth-order valence-electron chi connectivity index (χ4n) is 4.20. The second kappa shape index (κ2) is 8.16. The lowest BCUT2D eigenvalue weighted by Crippen LogP contribution is -2.42. The predicted molar refractivity (Wildman–Crippen MR) is 121 cm³/mol. The number of hydrogen-bond acceptors (Lipinski definition) is 6. The minimum atomic E-state index is -1.24. The molecule has 2 aromatic carbocycles. The third kappa shape index (κ3) is 3.64. The van der Waals surface area contributed by atoms with Crippen molar-refractivity contribution in [3.63, 3.8) is 0 Å². The number of piperidine rings is 1. The Morgan fingerprint density at radius 2 is 1.84 bits per heavy atom. The number of likely N-dealkylation sites (tertiary alicyclic amines) is 1. The average Bonchev–Trinajstić information content (AvgIpc) is 3.25. The van der Waals surface area contributed by atoms with Crippen LogP contribution in [0.2, 0.25) is 0 Å². The smallest absolute Gasteiger partial charge is 0.357 e. The number of benzene rings is 2. The summed E-state index contributed by atoms with van der Waals surface area (Å²) in [4.78, 5) is 44.0. The third-order valence-corrected chi connectivity index (χ3v) is 6.99. The van der Waals surface area contributed by atoms with E-state index in [1.54, 1.807) is 40.5 Å². The lowest BCUT2D eigenvalue weighted by Gasteiger charge is -2.31. The molecule has 5 rings (SSSR count). The number of carbonyl (C=O) groups excluding carboxylic acids is 1. The number of amides is 1. The fraction of sp³-hybridized carbons (Fsp3) is 0.261. The number of hydrogen-bond donors (Lipinski definition) is 1. The molecule has 162 valence electrons. The van der Waals surface area contributed by atoms with E-state index in [9.17, 15) is 19.5 Å². The summed E-state index contributed by atoms with van der Waals surface area (Å²) < 4.78 is 2.09. The van der Waals surface area contributed by atoms with E-state index in [2.05, 4.69) is 5.10 Å². The number of carboxylic acids is 1. The van der Waals surface area contributed by atoms with Gasteiger partial charge in [-0.3, -0.25) is 9.59 Å². The predicted octanol–water partition coefficient (Wildman–Crippen LogP) is 3.11. The number of aromatic carboxylic acids is 1. The molecule has 0 saturated carbocycles. The van der Waals surface area contributed by atoms with E-state index < -0.39 is 11.5 Å². The molecule has 3 heterocycles. The first-order chi connectivity index (χ1) is 15.5. The lowest BCUT2D eigenvalue weighted by atomic mass is 9.98. The number of aromatic nitrogens is 3. The van der Waals surface area contributed by atoms with Gasteiger partial charge >= 0.3 is 5.97 Å².